The summed E-state index contributed by atoms with van der Waals surface area (Å²) in [5, 5.41) is 12.2. The van der Waals surface area contributed by atoms with Crippen molar-refractivity contribution in [2.75, 3.05) is 19.4 Å². The SMILES string of the molecule is CC[C@H](C)[C@H](NCCOc1ccc(SC)cc1)C(=O)O. The van der Waals surface area contributed by atoms with E-state index in [2.05, 4.69) is 5.32 Å². The number of carboxylic acids is 1. The van der Waals surface area contributed by atoms with Crippen molar-refractivity contribution in [2.45, 2.75) is 31.2 Å². The molecule has 0 heterocycles. The molecule has 4 nitrogen and oxygen atoms in total. The van der Waals surface area contributed by atoms with Gasteiger partial charge in [-0.25, -0.2) is 0 Å². The van der Waals surface area contributed by atoms with Crippen LogP contribution >= 0.6 is 11.8 Å². The van der Waals surface area contributed by atoms with Gasteiger partial charge in [-0.3, -0.25) is 4.79 Å². The molecule has 2 N–H and O–H groups in total. The second-order valence-electron chi connectivity index (χ2n) is 4.68. The zero-order valence-corrected chi connectivity index (χ0v) is 13.1. The van der Waals surface area contributed by atoms with Crippen molar-refractivity contribution < 1.29 is 14.6 Å². The first-order chi connectivity index (χ1) is 9.58. The fourth-order valence-electron chi connectivity index (χ4n) is 1.82. The van der Waals surface area contributed by atoms with Crippen LogP contribution in [0.1, 0.15) is 20.3 Å². The van der Waals surface area contributed by atoms with E-state index in [4.69, 9.17) is 9.84 Å². The largest absolute Gasteiger partial charge is 0.492 e. The third kappa shape index (κ3) is 5.43. The lowest BCUT2D eigenvalue weighted by Gasteiger charge is -2.20. The Hall–Kier alpha value is -1.20. The molecule has 0 radical (unpaired) electrons. The molecule has 0 aromatic heterocycles. The molecule has 5 heteroatoms. The van der Waals surface area contributed by atoms with Gasteiger partial charge in [0.1, 0.15) is 18.4 Å². The molecule has 0 saturated heterocycles. The predicted octanol–water partition coefficient (Wildman–Crippen LogP) is 2.88. The molecule has 1 rings (SSSR count). The molecule has 0 bridgehead atoms. The Morgan fingerprint density at radius 1 is 1.40 bits per heavy atom. The normalized spacial score (nSPS) is 13.8. The first-order valence-corrected chi connectivity index (χ1v) is 8.04. The molecule has 0 aliphatic heterocycles. The summed E-state index contributed by atoms with van der Waals surface area (Å²) in [6.45, 7) is 4.91. The van der Waals surface area contributed by atoms with E-state index in [0.29, 0.717) is 13.2 Å². The maximum Gasteiger partial charge on any atom is 0.320 e. The van der Waals surface area contributed by atoms with Gasteiger partial charge in [-0.1, -0.05) is 20.3 Å². The van der Waals surface area contributed by atoms with Crippen molar-refractivity contribution in [3.05, 3.63) is 24.3 Å². The molecule has 0 fully saturated rings. The van der Waals surface area contributed by atoms with Crippen molar-refractivity contribution in [1.82, 2.24) is 5.32 Å². The summed E-state index contributed by atoms with van der Waals surface area (Å²) >= 11 is 1.69. The molecule has 112 valence electrons. The molecule has 0 unspecified atom stereocenters. The van der Waals surface area contributed by atoms with E-state index in [0.717, 1.165) is 12.2 Å². The molecule has 20 heavy (non-hydrogen) atoms. The first kappa shape index (κ1) is 16.9. The highest BCUT2D eigenvalue weighted by atomic mass is 32.2. The third-order valence-electron chi connectivity index (χ3n) is 3.27. The summed E-state index contributed by atoms with van der Waals surface area (Å²) in [5.74, 6) is 0.108. The van der Waals surface area contributed by atoms with E-state index in [1.807, 2.05) is 44.4 Å². The first-order valence-electron chi connectivity index (χ1n) is 6.81. The van der Waals surface area contributed by atoms with Crippen molar-refractivity contribution in [2.24, 2.45) is 5.92 Å². The van der Waals surface area contributed by atoms with E-state index in [1.54, 1.807) is 11.8 Å². The maximum atomic E-state index is 11.1. The molecule has 0 amide bonds. The summed E-state index contributed by atoms with van der Waals surface area (Å²) < 4.78 is 5.58. The van der Waals surface area contributed by atoms with Crippen LogP contribution in [0, 0.1) is 5.92 Å². The number of nitrogens with one attached hydrogen (secondary N) is 1. The van der Waals surface area contributed by atoms with Crippen LogP contribution in [0.15, 0.2) is 29.2 Å². The molecule has 0 saturated carbocycles. The number of carbonyl (C=O) groups is 1. The predicted molar refractivity (Wildman–Crippen MR) is 82.6 cm³/mol. The van der Waals surface area contributed by atoms with Crippen LogP contribution in [-0.4, -0.2) is 36.5 Å². The number of hydrogen-bond donors (Lipinski definition) is 2. The standard InChI is InChI=1S/C15H23NO3S/c1-4-11(2)14(15(17)18)16-9-10-19-12-5-7-13(20-3)8-6-12/h5-8,11,14,16H,4,9-10H2,1-3H3,(H,17,18)/t11-,14-/m0/s1. The molecule has 2 atom stereocenters. The molecular weight excluding hydrogens is 274 g/mol. The number of hydrogen-bond acceptors (Lipinski definition) is 4. The Balaban J connectivity index is 2.34. The van der Waals surface area contributed by atoms with Crippen LogP contribution in [0.2, 0.25) is 0 Å². The lowest BCUT2D eigenvalue weighted by atomic mass is 9.99. The summed E-state index contributed by atoms with van der Waals surface area (Å²) in [7, 11) is 0. The molecule has 1 aromatic rings. The smallest absolute Gasteiger partial charge is 0.320 e. The van der Waals surface area contributed by atoms with E-state index in [-0.39, 0.29) is 5.92 Å². The Bertz CT molecular complexity index is 408. The number of thioether (sulfide) groups is 1. The monoisotopic (exact) mass is 297 g/mol. The van der Waals surface area contributed by atoms with Crippen molar-refractivity contribution in [3.8, 4) is 5.75 Å². The number of ether oxygens (including phenoxy) is 1. The quantitative estimate of drug-likeness (QED) is 0.542. The van der Waals surface area contributed by atoms with Crippen LogP contribution in [0.25, 0.3) is 0 Å². The molecule has 0 aliphatic rings. The van der Waals surface area contributed by atoms with Crippen LogP contribution < -0.4 is 10.1 Å². The number of carboxylic acid groups (broad SMARTS) is 1. The molecule has 0 spiro atoms. The lowest BCUT2D eigenvalue weighted by molar-refractivity contribution is -0.140. The number of aliphatic carboxylic acids is 1. The van der Waals surface area contributed by atoms with Gasteiger partial charge in [0, 0.05) is 11.4 Å². The Morgan fingerprint density at radius 2 is 2.05 bits per heavy atom. The highest BCUT2D eigenvalue weighted by Gasteiger charge is 2.22. The van der Waals surface area contributed by atoms with Crippen molar-refractivity contribution in [1.29, 1.82) is 0 Å². The Morgan fingerprint density at radius 3 is 2.55 bits per heavy atom. The minimum atomic E-state index is -0.802. The minimum absolute atomic E-state index is 0.105. The highest BCUT2D eigenvalue weighted by molar-refractivity contribution is 7.98. The van der Waals surface area contributed by atoms with Gasteiger partial charge in [0.05, 0.1) is 0 Å². The highest BCUT2D eigenvalue weighted by Crippen LogP contribution is 2.18. The molecule has 0 aliphatic carbocycles. The van der Waals surface area contributed by atoms with Gasteiger partial charge in [-0.15, -0.1) is 11.8 Å². The van der Waals surface area contributed by atoms with Crippen molar-refractivity contribution in [3.63, 3.8) is 0 Å². The topological polar surface area (TPSA) is 58.6 Å². The number of benzene rings is 1. The Kier molecular flexibility index (Phi) is 7.47. The summed E-state index contributed by atoms with van der Waals surface area (Å²) in [4.78, 5) is 12.3. The zero-order chi connectivity index (χ0) is 15.0. The van der Waals surface area contributed by atoms with Gasteiger partial charge < -0.3 is 15.2 Å². The fourth-order valence-corrected chi connectivity index (χ4v) is 2.23. The molecule has 1 aromatic carbocycles. The minimum Gasteiger partial charge on any atom is -0.492 e. The Labute approximate surface area is 124 Å². The average Bonchev–Trinajstić information content (AvgIpc) is 2.46. The van der Waals surface area contributed by atoms with Gasteiger partial charge in [-0.2, -0.15) is 0 Å². The summed E-state index contributed by atoms with van der Waals surface area (Å²) in [5.41, 5.74) is 0. The van der Waals surface area contributed by atoms with Gasteiger partial charge >= 0.3 is 5.97 Å². The second kappa shape index (κ2) is 8.87. The van der Waals surface area contributed by atoms with Crippen LogP contribution in [0.3, 0.4) is 0 Å². The van der Waals surface area contributed by atoms with E-state index in [1.165, 1.54) is 4.90 Å². The van der Waals surface area contributed by atoms with Crippen LogP contribution in [0.4, 0.5) is 0 Å². The van der Waals surface area contributed by atoms with Gasteiger partial charge in [0.25, 0.3) is 0 Å². The van der Waals surface area contributed by atoms with E-state index in [9.17, 15) is 4.79 Å². The second-order valence-corrected chi connectivity index (χ2v) is 5.56. The average molecular weight is 297 g/mol. The molecular formula is C15H23NO3S. The van der Waals surface area contributed by atoms with Crippen LogP contribution in [-0.2, 0) is 4.79 Å². The van der Waals surface area contributed by atoms with E-state index < -0.39 is 12.0 Å². The third-order valence-corrected chi connectivity index (χ3v) is 4.02. The number of rotatable bonds is 9. The van der Waals surface area contributed by atoms with Gasteiger partial charge in [-0.05, 0) is 36.4 Å². The summed E-state index contributed by atoms with van der Waals surface area (Å²) in [6, 6.07) is 7.35. The lowest BCUT2D eigenvalue weighted by Crippen LogP contribution is -2.43. The fraction of sp³-hybridized carbons (Fsp3) is 0.533. The van der Waals surface area contributed by atoms with Gasteiger partial charge in [0.15, 0.2) is 0 Å². The summed E-state index contributed by atoms with van der Waals surface area (Å²) in [6.07, 6.45) is 2.86. The zero-order valence-electron chi connectivity index (χ0n) is 12.3. The van der Waals surface area contributed by atoms with Gasteiger partial charge in [0.2, 0.25) is 0 Å². The van der Waals surface area contributed by atoms with Crippen LogP contribution in [0.5, 0.6) is 5.75 Å². The maximum absolute atomic E-state index is 11.1. The van der Waals surface area contributed by atoms with Crippen molar-refractivity contribution >= 4 is 17.7 Å². The van der Waals surface area contributed by atoms with E-state index >= 15 is 0 Å².